The molecule has 0 spiro atoms. The van der Waals surface area contributed by atoms with Crippen molar-refractivity contribution >= 4 is 60.5 Å². The average Bonchev–Trinajstić information content (AvgIpc) is 3.52. The molecule has 0 unspecified atom stereocenters. The summed E-state index contributed by atoms with van der Waals surface area (Å²) in [5, 5.41) is 7.02. The van der Waals surface area contributed by atoms with Gasteiger partial charge in [-0.3, -0.25) is 4.98 Å². The molecule has 9 rings (SSSR count). The third-order valence-electron chi connectivity index (χ3n) is 8.90. The molecule has 0 amide bonds. The zero-order valence-corrected chi connectivity index (χ0v) is 25.0. The van der Waals surface area contributed by atoms with Crippen molar-refractivity contribution in [3.8, 4) is 22.4 Å². The Morgan fingerprint density at radius 2 is 1.09 bits per heavy atom. The highest BCUT2D eigenvalue weighted by Crippen LogP contribution is 2.39. The van der Waals surface area contributed by atoms with Crippen LogP contribution in [0, 0.1) is 0 Å². The van der Waals surface area contributed by atoms with E-state index in [0.29, 0.717) is 0 Å². The quantitative estimate of drug-likeness (QED) is 0.200. The first-order valence-electron chi connectivity index (χ1n) is 15.5. The Bertz CT molecular complexity index is 2510. The third kappa shape index (κ3) is 4.41. The summed E-state index contributed by atoms with van der Waals surface area (Å²) >= 11 is 0. The first kappa shape index (κ1) is 26.2. The van der Waals surface area contributed by atoms with Crippen LogP contribution in [0.25, 0.3) is 65.9 Å². The Labute approximate surface area is 266 Å². The fourth-order valence-electron chi connectivity index (χ4n) is 6.67. The van der Waals surface area contributed by atoms with E-state index < -0.39 is 0 Å². The monoisotopic (exact) mass is 588 g/mol. The summed E-state index contributed by atoms with van der Waals surface area (Å²) in [6, 6.07) is 57.7. The summed E-state index contributed by atoms with van der Waals surface area (Å²) < 4.78 is 6.16. The molecule has 0 saturated heterocycles. The van der Waals surface area contributed by atoms with Crippen LogP contribution in [0.1, 0.15) is 0 Å². The lowest BCUT2D eigenvalue weighted by Crippen LogP contribution is -2.09. The minimum absolute atomic E-state index is 0.895. The number of fused-ring (bicyclic) bond motifs is 6. The highest BCUT2D eigenvalue weighted by atomic mass is 16.3. The molecule has 3 nitrogen and oxygen atoms in total. The number of para-hydroxylation sites is 2. The molecule has 0 atom stereocenters. The molecule has 9 aromatic rings. The predicted octanol–water partition coefficient (Wildman–Crippen LogP) is 12.1. The second kappa shape index (κ2) is 10.8. The van der Waals surface area contributed by atoms with Gasteiger partial charge in [-0.25, -0.2) is 0 Å². The molecule has 216 valence electrons. The molecule has 0 saturated carbocycles. The molecular weight excluding hydrogens is 560 g/mol. The Balaban J connectivity index is 1.10. The highest BCUT2D eigenvalue weighted by molar-refractivity contribution is 6.19. The van der Waals surface area contributed by atoms with Gasteiger partial charge in [-0.2, -0.15) is 0 Å². The third-order valence-corrected chi connectivity index (χ3v) is 8.90. The zero-order chi connectivity index (χ0) is 30.5. The molecule has 0 aliphatic rings. The molecule has 0 fully saturated rings. The average molecular weight is 589 g/mol. The maximum absolute atomic E-state index is 6.16. The molecule has 0 radical (unpaired) electrons. The van der Waals surface area contributed by atoms with E-state index in [1.54, 1.807) is 0 Å². The van der Waals surface area contributed by atoms with Gasteiger partial charge in [0.15, 0.2) is 0 Å². The van der Waals surface area contributed by atoms with Gasteiger partial charge < -0.3 is 9.32 Å². The van der Waals surface area contributed by atoms with Crippen molar-refractivity contribution in [3.05, 3.63) is 170 Å². The van der Waals surface area contributed by atoms with E-state index in [1.165, 1.54) is 21.9 Å². The van der Waals surface area contributed by atoms with Crippen LogP contribution in [0.2, 0.25) is 0 Å². The van der Waals surface area contributed by atoms with E-state index in [4.69, 9.17) is 9.40 Å². The number of hydrogen-bond acceptors (Lipinski definition) is 3. The van der Waals surface area contributed by atoms with Gasteiger partial charge in [-0.1, -0.05) is 103 Å². The standard InChI is InChI=1S/C43H28N2O/c1-2-11-33(12-3-1)45(34-22-17-30(18-23-34)37-15-8-10-29-9-4-5-13-36(29)37)35-24-19-31(20-25-35)40-27-39-32(28-44-40)21-26-42-43(39)38-14-6-7-16-41(38)46-42/h1-28H. The largest absolute Gasteiger partial charge is 0.456 e. The van der Waals surface area contributed by atoms with Gasteiger partial charge in [0.2, 0.25) is 0 Å². The second-order valence-corrected chi connectivity index (χ2v) is 11.6. The lowest BCUT2D eigenvalue weighted by molar-refractivity contribution is 0.669. The Hall–Kier alpha value is -6.19. The molecule has 0 aliphatic heterocycles. The summed E-state index contributed by atoms with van der Waals surface area (Å²) in [5.74, 6) is 0. The SMILES string of the molecule is c1ccc(N(c2ccc(-c3cc4c(ccc5oc6ccccc6c54)cn3)cc2)c2ccc(-c3cccc4ccccc34)cc2)cc1. The topological polar surface area (TPSA) is 29.3 Å². The summed E-state index contributed by atoms with van der Waals surface area (Å²) in [6.45, 7) is 0. The van der Waals surface area contributed by atoms with Crippen LogP contribution < -0.4 is 4.90 Å². The first-order chi connectivity index (χ1) is 22.8. The molecule has 0 N–H and O–H groups in total. The number of furan rings is 1. The maximum atomic E-state index is 6.16. The van der Waals surface area contributed by atoms with Gasteiger partial charge in [0, 0.05) is 45.0 Å². The Morgan fingerprint density at radius 3 is 1.89 bits per heavy atom. The van der Waals surface area contributed by atoms with Crippen molar-refractivity contribution in [3.63, 3.8) is 0 Å². The van der Waals surface area contributed by atoms with Crippen LogP contribution in [-0.4, -0.2) is 4.98 Å². The van der Waals surface area contributed by atoms with Gasteiger partial charge in [0.05, 0.1) is 5.69 Å². The number of aromatic nitrogens is 1. The first-order valence-corrected chi connectivity index (χ1v) is 15.5. The van der Waals surface area contributed by atoms with Gasteiger partial charge in [-0.15, -0.1) is 0 Å². The number of rotatable bonds is 5. The van der Waals surface area contributed by atoms with Gasteiger partial charge in [-0.05, 0) is 87.9 Å². The van der Waals surface area contributed by atoms with E-state index in [9.17, 15) is 0 Å². The number of nitrogens with zero attached hydrogens (tertiary/aromatic N) is 2. The lowest BCUT2D eigenvalue weighted by Gasteiger charge is -2.26. The number of pyridine rings is 1. The van der Waals surface area contributed by atoms with Crippen molar-refractivity contribution in [2.45, 2.75) is 0 Å². The van der Waals surface area contributed by atoms with Crippen molar-refractivity contribution < 1.29 is 4.42 Å². The summed E-state index contributed by atoms with van der Waals surface area (Å²) in [4.78, 5) is 7.15. The van der Waals surface area contributed by atoms with Gasteiger partial charge >= 0.3 is 0 Å². The van der Waals surface area contributed by atoms with E-state index in [-0.39, 0.29) is 0 Å². The van der Waals surface area contributed by atoms with E-state index in [1.807, 2.05) is 24.4 Å². The van der Waals surface area contributed by atoms with Crippen molar-refractivity contribution in [1.82, 2.24) is 4.98 Å². The fourth-order valence-corrected chi connectivity index (χ4v) is 6.67. The fraction of sp³-hybridized carbons (Fsp3) is 0. The van der Waals surface area contributed by atoms with Crippen LogP contribution in [-0.2, 0) is 0 Å². The second-order valence-electron chi connectivity index (χ2n) is 11.6. The summed E-state index contributed by atoms with van der Waals surface area (Å²) in [5.41, 5.74) is 9.51. The van der Waals surface area contributed by atoms with Crippen LogP contribution in [0.3, 0.4) is 0 Å². The molecule has 0 bridgehead atoms. The molecule has 7 aromatic carbocycles. The highest BCUT2D eigenvalue weighted by Gasteiger charge is 2.15. The molecule has 2 aromatic heterocycles. The number of hydrogen-bond donors (Lipinski definition) is 0. The lowest BCUT2D eigenvalue weighted by atomic mass is 9.98. The zero-order valence-electron chi connectivity index (χ0n) is 25.0. The molecule has 0 aliphatic carbocycles. The maximum Gasteiger partial charge on any atom is 0.136 e. The molecule has 46 heavy (non-hydrogen) atoms. The minimum Gasteiger partial charge on any atom is -0.456 e. The molecule has 2 heterocycles. The Morgan fingerprint density at radius 1 is 0.435 bits per heavy atom. The van der Waals surface area contributed by atoms with Crippen molar-refractivity contribution in [1.29, 1.82) is 0 Å². The van der Waals surface area contributed by atoms with E-state index in [0.717, 1.165) is 61.0 Å². The predicted molar refractivity (Wildman–Crippen MR) is 192 cm³/mol. The Kier molecular flexibility index (Phi) is 6.14. The molecular formula is C43H28N2O. The number of benzene rings is 7. The van der Waals surface area contributed by atoms with Gasteiger partial charge in [0.1, 0.15) is 11.2 Å². The van der Waals surface area contributed by atoms with Crippen LogP contribution in [0.4, 0.5) is 17.1 Å². The summed E-state index contributed by atoms with van der Waals surface area (Å²) in [6.07, 6.45) is 1.97. The summed E-state index contributed by atoms with van der Waals surface area (Å²) in [7, 11) is 0. The number of anilines is 3. The van der Waals surface area contributed by atoms with E-state index >= 15 is 0 Å². The normalized spacial score (nSPS) is 11.5. The van der Waals surface area contributed by atoms with Gasteiger partial charge in [0.25, 0.3) is 0 Å². The smallest absolute Gasteiger partial charge is 0.136 e. The van der Waals surface area contributed by atoms with Crippen molar-refractivity contribution in [2.75, 3.05) is 4.90 Å². The van der Waals surface area contributed by atoms with Crippen molar-refractivity contribution in [2.24, 2.45) is 0 Å². The minimum atomic E-state index is 0.895. The van der Waals surface area contributed by atoms with Crippen LogP contribution in [0.15, 0.2) is 174 Å². The molecule has 3 heteroatoms. The van der Waals surface area contributed by atoms with E-state index in [2.05, 4.69) is 150 Å². The van der Waals surface area contributed by atoms with Crippen LogP contribution in [0.5, 0.6) is 0 Å². The van der Waals surface area contributed by atoms with Crippen LogP contribution >= 0.6 is 0 Å².